The largest absolute Gasteiger partial charge is 0.481 e. The van der Waals surface area contributed by atoms with E-state index >= 15 is 0 Å². The van der Waals surface area contributed by atoms with Crippen molar-refractivity contribution in [3.8, 4) is 5.88 Å². The van der Waals surface area contributed by atoms with Crippen molar-refractivity contribution in [1.82, 2.24) is 25.2 Å². The number of ether oxygens (including phenoxy) is 1. The van der Waals surface area contributed by atoms with E-state index in [-0.39, 0.29) is 0 Å². The molecule has 1 N–H and O–H groups in total. The highest BCUT2D eigenvalue weighted by atomic mass is 16.5. The fraction of sp³-hybridized carbons (Fsp3) is 0.500. The summed E-state index contributed by atoms with van der Waals surface area (Å²) in [6.07, 6.45) is 0. The van der Waals surface area contributed by atoms with Gasteiger partial charge in [0.15, 0.2) is 5.82 Å². The van der Waals surface area contributed by atoms with Gasteiger partial charge in [-0.2, -0.15) is 10.1 Å². The standard InChI is InChI=1S/C10H15N5O2/c1-7-12-9(14-17-7)6-11-5-8-4-10(16-3)15(2)13-8/h4,11H,5-6H2,1-3H3. The summed E-state index contributed by atoms with van der Waals surface area (Å²) in [5, 5.41) is 11.2. The van der Waals surface area contributed by atoms with Gasteiger partial charge in [0.25, 0.3) is 0 Å². The quantitative estimate of drug-likeness (QED) is 0.811. The lowest BCUT2D eigenvalue weighted by Gasteiger charge is -1.97. The molecule has 0 atom stereocenters. The Kier molecular flexibility index (Phi) is 3.38. The van der Waals surface area contributed by atoms with Crippen LogP contribution < -0.4 is 10.1 Å². The minimum Gasteiger partial charge on any atom is -0.481 e. The van der Waals surface area contributed by atoms with Gasteiger partial charge in [0.2, 0.25) is 11.8 Å². The Labute approximate surface area is 98.8 Å². The van der Waals surface area contributed by atoms with E-state index in [1.807, 2.05) is 13.1 Å². The Hall–Kier alpha value is -1.89. The Balaban J connectivity index is 1.85. The number of nitrogens with zero attached hydrogens (tertiary/aromatic N) is 4. The van der Waals surface area contributed by atoms with E-state index in [2.05, 4.69) is 20.6 Å². The molecule has 0 bridgehead atoms. The van der Waals surface area contributed by atoms with Crippen LogP contribution in [-0.4, -0.2) is 27.0 Å². The lowest BCUT2D eigenvalue weighted by atomic mass is 10.4. The van der Waals surface area contributed by atoms with E-state index in [4.69, 9.17) is 9.26 Å². The first-order chi connectivity index (χ1) is 8.19. The fourth-order valence-electron chi connectivity index (χ4n) is 1.50. The highest BCUT2D eigenvalue weighted by Gasteiger charge is 2.05. The lowest BCUT2D eigenvalue weighted by Crippen LogP contribution is -2.14. The highest BCUT2D eigenvalue weighted by molar-refractivity contribution is 5.15. The monoisotopic (exact) mass is 237 g/mol. The third kappa shape index (κ3) is 2.82. The molecule has 17 heavy (non-hydrogen) atoms. The van der Waals surface area contributed by atoms with Crippen molar-refractivity contribution >= 4 is 0 Å². The zero-order valence-corrected chi connectivity index (χ0v) is 10.1. The Morgan fingerprint density at radius 1 is 1.47 bits per heavy atom. The lowest BCUT2D eigenvalue weighted by molar-refractivity contribution is 0.373. The molecular weight excluding hydrogens is 222 g/mol. The minimum atomic E-state index is 0.552. The van der Waals surface area contributed by atoms with Gasteiger partial charge in [-0.15, -0.1) is 0 Å². The molecule has 0 aromatic carbocycles. The van der Waals surface area contributed by atoms with E-state index < -0.39 is 0 Å². The van der Waals surface area contributed by atoms with Crippen LogP contribution in [0.4, 0.5) is 0 Å². The van der Waals surface area contributed by atoms with Crippen LogP contribution in [0.15, 0.2) is 10.6 Å². The highest BCUT2D eigenvalue weighted by Crippen LogP contribution is 2.10. The first-order valence-electron chi connectivity index (χ1n) is 5.26. The molecule has 0 saturated heterocycles. The smallest absolute Gasteiger partial charge is 0.223 e. The summed E-state index contributed by atoms with van der Waals surface area (Å²) in [5.41, 5.74) is 0.907. The predicted molar refractivity (Wildman–Crippen MR) is 59.3 cm³/mol. The molecule has 0 amide bonds. The zero-order chi connectivity index (χ0) is 12.3. The summed E-state index contributed by atoms with van der Waals surface area (Å²) in [5.74, 6) is 1.95. The Bertz CT molecular complexity index is 491. The summed E-state index contributed by atoms with van der Waals surface area (Å²) in [7, 11) is 3.46. The van der Waals surface area contributed by atoms with Crippen molar-refractivity contribution in [1.29, 1.82) is 0 Å². The maximum atomic E-state index is 5.13. The second-order valence-electron chi connectivity index (χ2n) is 3.63. The topological polar surface area (TPSA) is 78.0 Å². The molecule has 0 fully saturated rings. The second kappa shape index (κ2) is 4.96. The van der Waals surface area contributed by atoms with Crippen LogP contribution >= 0.6 is 0 Å². The van der Waals surface area contributed by atoms with Gasteiger partial charge in [-0.1, -0.05) is 5.16 Å². The zero-order valence-electron chi connectivity index (χ0n) is 10.1. The van der Waals surface area contributed by atoms with Crippen molar-refractivity contribution in [2.75, 3.05) is 7.11 Å². The number of hydrogen-bond acceptors (Lipinski definition) is 6. The molecule has 0 saturated carbocycles. The van der Waals surface area contributed by atoms with E-state index in [0.717, 1.165) is 11.6 Å². The Morgan fingerprint density at radius 2 is 2.29 bits per heavy atom. The van der Waals surface area contributed by atoms with E-state index in [0.29, 0.717) is 24.8 Å². The van der Waals surface area contributed by atoms with Crippen LogP contribution in [0.1, 0.15) is 17.4 Å². The summed E-state index contributed by atoms with van der Waals surface area (Å²) < 4.78 is 11.7. The van der Waals surface area contributed by atoms with Gasteiger partial charge in [-0.25, -0.2) is 4.68 Å². The molecule has 0 aliphatic heterocycles. The number of nitrogens with one attached hydrogen (secondary N) is 1. The molecule has 2 heterocycles. The number of methoxy groups -OCH3 is 1. The van der Waals surface area contributed by atoms with Crippen LogP contribution in [0.5, 0.6) is 5.88 Å². The first-order valence-corrected chi connectivity index (χ1v) is 5.26. The van der Waals surface area contributed by atoms with Crippen LogP contribution in [-0.2, 0) is 20.1 Å². The molecule has 7 heteroatoms. The maximum Gasteiger partial charge on any atom is 0.223 e. The van der Waals surface area contributed by atoms with Crippen LogP contribution in [0.3, 0.4) is 0 Å². The third-order valence-electron chi connectivity index (χ3n) is 2.26. The predicted octanol–water partition coefficient (Wildman–Crippen LogP) is 0.410. The van der Waals surface area contributed by atoms with E-state index in [1.54, 1.807) is 18.7 Å². The van der Waals surface area contributed by atoms with Crippen molar-refractivity contribution in [3.05, 3.63) is 23.5 Å². The minimum absolute atomic E-state index is 0.552. The third-order valence-corrected chi connectivity index (χ3v) is 2.26. The van der Waals surface area contributed by atoms with Crippen LogP contribution in [0.2, 0.25) is 0 Å². The molecule has 0 radical (unpaired) electrons. The van der Waals surface area contributed by atoms with Crippen molar-refractivity contribution in [2.45, 2.75) is 20.0 Å². The van der Waals surface area contributed by atoms with Crippen LogP contribution in [0.25, 0.3) is 0 Å². The second-order valence-corrected chi connectivity index (χ2v) is 3.63. The summed E-state index contributed by atoms with van der Waals surface area (Å²) in [4.78, 5) is 4.09. The van der Waals surface area contributed by atoms with Gasteiger partial charge in [0, 0.05) is 26.6 Å². The molecule has 2 rings (SSSR count). The van der Waals surface area contributed by atoms with Crippen molar-refractivity contribution in [2.24, 2.45) is 7.05 Å². The number of rotatable bonds is 5. The molecule has 2 aromatic heterocycles. The van der Waals surface area contributed by atoms with Crippen molar-refractivity contribution in [3.63, 3.8) is 0 Å². The molecule has 0 aliphatic rings. The van der Waals surface area contributed by atoms with Gasteiger partial charge in [0.05, 0.1) is 19.3 Å². The van der Waals surface area contributed by atoms with Gasteiger partial charge >= 0.3 is 0 Å². The molecule has 0 spiro atoms. The SMILES string of the molecule is COc1cc(CNCc2noc(C)n2)nn1C. The Morgan fingerprint density at radius 3 is 2.88 bits per heavy atom. The number of aromatic nitrogens is 4. The van der Waals surface area contributed by atoms with Crippen molar-refractivity contribution < 1.29 is 9.26 Å². The molecular formula is C10H15N5O2. The average molecular weight is 237 g/mol. The normalized spacial score (nSPS) is 10.8. The van der Waals surface area contributed by atoms with E-state index in [1.165, 1.54) is 0 Å². The molecule has 92 valence electrons. The first kappa shape index (κ1) is 11.6. The molecule has 0 aliphatic carbocycles. The van der Waals surface area contributed by atoms with Gasteiger partial charge < -0.3 is 14.6 Å². The van der Waals surface area contributed by atoms with Gasteiger partial charge in [-0.05, 0) is 0 Å². The summed E-state index contributed by atoms with van der Waals surface area (Å²) in [6.45, 7) is 2.95. The summed E-state index contributed by atoms with van der Waals surface area (Å²) in [6, 6.07) is 1.88. The molecule has 2 aromatic rings. The number of aryl methyl sites for hydroxylation is 2. The summed E-state index contributed by atoms with van der Waals surface area (Å²) >= 11 is 0. The molecule has 7 nitrogen and oxygen atoms in total. The maximum absolute atomic E-state index is 5.13. The number of hydrogen-bond donors (Lipinski definition) is 1. The van der Waals surface area contributed by atoms with Crippen LogP contribution in [0, 0.1) is 6.92 Å². The van der Waals surface area contributed by atoms with Gasteiger partial charge in [-0.3, -0.25) is 0 Å². The molecule has 0 unspecified atom stereocenters. The average Bonchev–Trinajstić information content (AvgIpc) is 2.85. The fourth-order valence-corrected chi connectivity index (χ4v) is 1.50. The van der Waals surface area contributed by atoms with E-state index in [9.17, 15) is 0 Å². The van der Waals surface area contributed by atoms with Gasteiger partial charge in [0.1, 0.15) is 0 Å².